The first-order valence-electron chi connectivity index (χ1n) is 18.3. The van der Waals surface area contributed by atoms with Crippen LogP contribution in [0.4, 0.5) is 10.5 Å². The third-order valence-electron chi connectivity index (χ3n) is 9.37. The Labute approximate surface area is 317 Å². The normalized spacial score (nSPS) is 16.8. The molecule has 0 aliphatic carbocycles. The van der Waals surface area contributed by atoms with Gasteiger partial charge in [0.2, 0.25) is 0 Å². The minimum absolute atomic E-state index is 0.00528. The van der Waals surface area contributed by atoms with E-state index in [9.17, 15) is 9.90 Å². The Morgan fingerprint density at radius 1 is 0.630 bits per heavy atom. The van der Waals surface area contributed by atoms with Gasteiger partial charge in [0.15, 0.2) is 6.29 Å². The van der Waals surface area contributed by atoms with E-state index >= 15 is 0 Å². The first-order chi connectivity index (χ1) is 26.6. The molecule has 0 saturated carbocycles. The number of benzene rings is 6. The predicted octanol–water partition coefficient (Wildman–Crippen LogP) is 9.54. The van der Waals surface area contributed by atoms with Gasteiger partial charge in [-0.3, -0.25) is 4.90 Å². The second-order valence-corrected chi connectivity index (χ2v) is 13.5. The first kappa shape index (κ1) is 36.6. The Morgan fingerprint density at radius 3 is 1.80 bits per heavy atom. The van der Waals surface area contributed by atoms with Gasteiger partial charge in [0.1, 0.15) is 11.5 Å². The number of carbonyl (C=O) groups excluding carboxylic acids is 1. The maximum Gasteiger partial charge on any atom is 0.319 e. The number of nitrogens with one attached hydrogen (secondary N) is 2. The van der Waals surface area contributed by atoms with Crippen molar-refractivity contribution in [2.75, 3.05) is 11.9 Å². The molecule has 0 unspecified atom stereocenters. The molecule has 1 aliphatic heterocycles. The highest BCUT2D eigenvalue weighted by atomic mass is 16.7. The van der Waals surface area contributed by atoms with E-state index in [0.29, 0.717) is 24.4 Å². The number of hydrogen-bond donors (Lipinski definition) is 3. The fourth-order valence-corrected chi connectivity index (χ4v) is 6.57. The number of urea groups is 1. The number of ether oxygens (including phenoxy) is 3. The molecule has 0 spiro atoms. The van der Waals surface area contributed by atoms with Gasteiger partial charge in [-0.2, -0.15) is 0 Å². The summed E-state index contributed by atoms with van der Waals surface area (Å²) in [7, 11) is 0. The van der Waals surface area contributed by atoms with Crippen molar-refractivity contribution in [1.82, 2.24) is 10.2 Å². The average molecular weight is 720 g/mol. The molecule has 6 aromatic carbocycles. The van der Waals surface area contributed by atoms with Crippen molar-refractivity contribution in [2.45, 2.75) is 51.2 Å². The number of amides is 2. The number of para-hydroxylation sites is 1. The third-order valence-corrected chi connectivity index (χ3v) is 9.37. The highest BCUT2D eigenvalue weighted by molar-refractivity contribution is 5.89. The number of nitrogens with zero attached hydrogens (tertiary/aromatic N) is 1. The Hall–Kier alpha value is -5.77. The van der Waals surface area contributed by atoms with Gasteiger partial charge in [-0.25, -0.2) is 4.79 Å². The first-order valence-corrected chi connectivity index (χ1v) is 18.3. The molecule has 54 heavy (non-hydrogen) atoms. The zero-order chi connectivity index (χ0) is 37.0. The van der Waals surface area contributed by atoms with Crippen LogP contribution in [-0.4, -0.2) is 28.7 Å². The van der Waals surface area contributed by atoms with Gasteiger partial charge in [0.05, 0.1) is 18.8 Å². The number of hydrogen-bond acceptors (Lipinski definition) is 6. The van der Waals surface area contributed by atoms with Crippen molar-refractivity contribution in [3.05, 3.63) is 197 Å². The second-order valence-electron chi connectivity index (χ2n) is 13.5. The molecule has 0 bridgehead atoms. The van der Waals surface area contributed by atoms with E-state index in [4.69, 9.17) is 14.2 Å². The van der Waals surface area contributed by atoms with E-state index in [1.807, 2.05) is 103 Å². The molecular weight excluding hydrogens is 675 g/mol. The molecule has 0 aromatic heterocycles. The van der Waals surface area contributed by atoms with Crippen LogP contribution in [0.1, 0.15) is 52.2 Å². The monoisotopic (exact) mass is 719 g/mol. The lowest BCUT2D eigenvalue weighted by Crippen LogP contribution is -2.39. The lowest BCUT2D eigenvalue weighted by Gasteiger charge is -2.38. The quantitative estimate of drug-likeness (QED) is 0.104. The molecule has 8 nitrogen and oxygen atoms in total. The summed E-state index contributed by atoms with van der Waals surface area (Å²) in [5, 5.41) is 15.5. The van der Waals surface area contributed by atoms with Crippen molar-refractivity contribution in [2.24, 2.45) is 0 Å². The summed E-state index contributed by atoms with van der Waals surface area (Å²) >= 11 is 0. The van der Waals surface area contributed by atoms with Crippen LogP contribution in [-0.2, 0) is 35.7 Å². The lowest BCUT2D eigenvalue weighted by atomic mass is 9.99. The predicted molar refractivity (Wildman–Crippen MR) is 211 cm³/mol. The summed E-state index contributed by atoms with van der Waals surface area (Å²) in [5.41, 5.74) is 6.92. The van der Waals surface area contributed by atoms with Crippen LogP contribution in [0, 0.1) is 0 Å². The SMILES string of the molecule is O=C(NCc1ccc([C@H]2O[C@@H](CN(Cc3ccccc3)Cc3ccccc3)C[C@@H](c3ccc(CO)cc3)O2)cc1)Nc1ccc(Oc2ccccc2)cc1. The van der Waals surface area contributed by atoms with Crippen LogP contribution in [0.5, 0.6) is 11.5 Å². The molecule has 2 amide bonds. The molecule has 274 valence electrons. The van der Waals surface area contributed by atoms with Crippen LogP contribution >= 0.6 is 0 Å². The van der Waals surface area contributed by atoms with E-state index in [0.717, 1.165) is 47.6 Å². The molecule has 1 aliphatic rings. The number of aliphatic hydroxyl groups is 1. The molecular formula is C46H45N3O5. The summed E-state index contributed by atoms with van der Waals surface area (Å²) < 4.78 is 19.2. The molecule has 6 aromatic rings. The van der Waals surface area contributed by atoms with E-state index in [2.05, 4.69) is 64.1 Å². The lowest BCUT2D eigenvalue weighted by molar-refractivity contribution is -0.253. The van der Waals surface area contributed by atoms with Gasteiger partial charge in [-0.05, 0) is 64.2 Å². The molecule has 1 fully saturated rings. The molecule has 0 radical (unpaired) electrons. The topological polar surface area (TPSA) is 92.3 Å². The van der Waals surface area contributed by atoms with E-state index in [-0.39, 0.29) is 24.8 Å². The smallest absolute Gasteiger partial charge is 0.319 e. The van der Waals surface area contributed by atoms with Crippen molar-refractivity contribution in [3.63, 3.8) is 0 Å². The minimum Gasteiger partial charge on any atom is -0.457 e. The number of rotatable bonds is 14. The van der Waals surface area contributed by atoms with Crippen LogP contribution in [0.15, 0.2) is 164 Å². The summed E-state index contributed by atoms with van der Waals surface area (Å²) in [6.07, 6.45) is -0.196. The van der Waals surface area contributed by atoms with Gasteiger partial charge < -0.3 is 30.0 Å². The fourth-order valence-electron chi connectivity index (χ4n) is 6.57. The molecule has 8 heteroatoms. The van der Waals surface area contributed by atoms with Gasteiger partial charge in [0, 0.05) is 43.9 Å². The summed E-state index contributed by atoms with van der Waals surface area (Å²) in [6.45, 7) is 2.65. The largest absolute Gasteiger partial charge is 0.457 e. The summed E-state index contributed by atoms with van der Waals surface area (Å²) in [4.78, 5) is 15.2. The minimum atomic E-state index is -0.583. The Kier molecular flexibility index (Phi) is 12.4. The third kappa shape index (κ3) is 10.4. The van der Waals surface area contributed by atoms with Crippen molar-refractivity contribution in [3.8, 4) is 11.5 Å². The number of carbonyl (C=O) groups is 1. The van der Waals surface area contributed by atoms with Crippen molar-refractivity contribution < 1.29 is 24.1 Å². The van der Waals surface area contributed by atoms with Gasteiger partial charge in [-0.1, -0.05) is 127 Å². The molecule has 1 saturated heterocycles. The van der Waals surface area contributed by atoms with E-state index in [1.54, 1.807) is 12.1 Å². The van der Waals surface area contributed by atoms with Crippen LogP contribution in [0.25, 0.3) is 0 Å². The zero-order valence-electron chi connectivity index (χ0n) is 30.1. The van der Waals surface area contributed by atoms with Crippen LogP contribution in [0.2, 0.25) is 0 Å². The maximum absolute atomic E-state index is 12.7. The number of anilines is 1. The van der Waals surface area contributed by atoms with E-state index < -0.39 is 6.29 Å². The molecule has 1 heterocycles. The summed E-state index contributed by atoms with van der Waals surface area (Å²) in [5.74, 6) is 1.44. The van der Waals surface area contributed by atoms with Gasteiger partial charge >= 0.3 is 6.03 Å². The highest BCUT2D eigenvalue weighted by Crippen LogP contribution is 2.38. The van der Waals surface area contributed by atoms with Crippen LogP contribution < -0.4 is 15.4 Å². The van der Waals surface area contributed by atoms with Crippen molar-refractivity contribution in [1.29, 1.82) is 0 Å². The zero-order valence-corrected chi connectivity index (χ0v) is 30.1. The molecule has 3 atom stereocenters. The Morgan fingerprint density at radius 2 is 1.19 bits per heavy atom. The Balaban J connectivity index is 1.00. The molecule has 7 rings (SSSR count). The summed E-state index contributed by atoms with van der Waals surface area (Å²) in [6, 6.07) is 53.5. The number of aliphatic hydroxyl groups excluding tert-OH is 1. The van der Waals surface area contributed by atoms with Crippen molar-refractivity contribution >= 4 is 11.7 Å². The molecule has 3 N–H and O–H groups in total. The highest BCUT2D eigenvalue weighted by Gasteiger charge is 2.33. The fraction of sp³-hybridized carbons (Fsp3) is 0.196. The van der Waals surface area contributed by atoms with Crippen LogP contribution in [0.3, 0.4) is 0 Å². The maximum atomic E-state index is 12.7. The second kappa shape index (κ2) is 18.3. The average Bonchev–Trinajstić information content (AvgIpc) is 3.22. The standard InChI is InChI=1S/C46H45N3O5/c50-33-37-18-20-38(21-19-37)44-28-43(32-49(30-35-10-4-1-5-11-35)31-36-12-6-2-7-13-36)53-45(54-44)39-22-16-34(17-23-39)29-47-46(51)48-40-24-26-42(27-25-40)52-41-14-8-3-9-15-41/h1-27,43-45,50H,28-33H2,(H2,47,48,51)/t43-,44+,45+/m1/s1. The van der Waals surface area contributed by atoms with Gasteiger partial charge in [-0.15, -0.1) is 0 Å². The van der Waals surface area contributed by atoms with Gasteiger partial charge in [0.25, 0.3) is 0 Å². The van der Waals surface area contributed by atoms with E-state index in [1.165, 1.54) is 11.1 Å². The Bertz CT molecular complexity index is 1990.